The molecule has 0 unspecified atom stereocenters. The maximum Gasteiger partial charge on any atom is 0.326 e. The minimum atomic E-state index is -0.567. The number of esters is 1. The number of thiol groups is 1. The standard InChI is InChI=1S/C19H15NO3S3/c1-22-13-9-7-12(8-10-13)20-17-16(26-19(20)25)14(15(24)18(21)23-17)11-5-3-2-4-6-11/h2-10,14-15,24H,1H3/t14-,15-/m1/s1. The number of benzene rings is 2. The van der Waals surface area contributed by atoms with Crippen LogP contribution in [0.25, 0.3) is 5.69 Å². The molecule has 1 aliphatic heterocycles. The minimum Gasteiger partial charge on any atom is -0.497 e. The summed E-state index contributed by atoms with van der Waals surface area (Å²) < 4.78 is 13.2. The number of carbonyl (C=O) groups excluding carboxylic acids is 1. The Morgan fingerprint density at radius 3 is 2.50 bits per heavy atom. The summed E-state index contributed by atoms with van der Waals surface area (Å²) >= 11 is 11.5. The number of methoxy groups -OCH3 is 1. The second-order valence-electron chi connectivity index (χ2n) is 5.83. The van der Waals surface area contributed by atoms with Crippen LogP contribution in [0.15, 0.2) is 54.6 Å². The van der Waals surface area contributed by atoms with Crippen molar-refractivity contribution in [2.75, 3.05) is 7.11 Å². The molecular formula is C19H15NO3S3. The number of hydrogen-bond donors (Lipinski definition) is 1. The molecule has 2 heterocycles. The highest BCUT2D eigenvalue weighted by molar-refractivity contribution is 7.81. The van der Waals surface area contributed by atoms with Crippen LogP contribution in [0.4, 0.5) is 0 Å². The molecule has 0 saturated carbocycles. The lowest BCUT2D eigenvalue weighted by atomic mass is 9.92. The molecule has 132 valence electrons. The Morgan fingerprint density at radius 2 is 1.85 bits per heavy atom. The smallest absolute Gasteiger partial charge is 0.326 e. The molecule has 0 aliphatic carbocycles. The molecule has 1 aromatic heterocycles. The van der Waals surface area contributed by atoms with Gasteiger partial charge in [0, 0.05) is 5.92 Å². The summed E-state index contributed by atoms with van der Waals surface area (Å²) in [5.74, 6) is 0.667. The lowest BCUT2D eigenvalue weighted by molar-refractivity contribution is -0.135. The van der Waals surface area contributed by atoms with Crippen LogP contribution in [0.5, 0.6) is 11.6 Å². The topological polar surface area (TPSA) is 40.5 Å². The average Bonchev–Trinajstić information content (AvgIpc) is 2.98. The van der Waals surface area contributed by atoms with E-state index >= 15 is 0 Å². The van der Waals surface area contributed by atoms with Gasteiger partial charge in [-0.15, -0.1) is 11.3 Å². The molecule has 1 aliphatic rings. The lowest BCUT2D eigenvalue weighted by Crippen LogP contribution is -2.33. The molecule has 0 radical (unpaired) electrons. The number of thiazole rings is 1. The highest BCUT2D eigenvalue weighted by atomic mass is 32.1. The first kappa shape index (κ1) is 17.3. The van der Waals surface area contributed by atoms with Crippen molar-refractivity contribution in [2.24, 2.45) is 0 Å². The number of ether oxygens (including phenoxy) is 2. The monoisotopic (exact) mass is 401 g/mol. The molecule has 26 heavy (non-hydrogen) atoms. The SMILES string of the molecule is COc1ccc(-n2c3c(sc2=S)[C@H](c2ccccc2)[C@@H](S)C(=O)O3)cc1. The van der Waals surface area contributed by atoms with Crippen LogP contribution in [0.2, 0.25) is 0 Å². The van der Waals surface area contributed by atoms with Gasteiger partial charge in [-0.25, -0.2) is 0 Å². The number of aromatic nitrogens is 1. The molecule has 4 rings (SSSR count). The van der Waals surface area contributed by atoms with Crippen molar-refractivity contribution in [1.82, 2.24) is 4.57 Å². The maximum absolute atomic E-state index is 12.5. The minimum absolute atomic E-state index is 0.193. The normalized spacial score (nSPS) is 18.9. The van der Waals surface area contributed by atoms with Crippen molar-refractivity contribution >= 4 is 42.2 Å². The van der Waals surface area contributed by atoms with E-state index in [1.165, 1.54) is 11.3 Å². The third-order valence-corrected chi connectivity index (χ3v) is 6.27. The van der Waals surface area contributed by atoms with Crippen LogP contribution >= 0.6 is 36.2 Å². The van der Waals surface area contributed by atoms with Gasteiger partial charge in [-0.2, -0.15) is 12.6 Å². The van der Waals surface area contributed by atoms with Gasteiger partial charge >= 0.3 is 5.97 Å². The Kier molecular flexibility index (Phi) is 4.60. The molecule has 0 bridgehead atoms. The molecule has 0 spiro atoms. The third kappa shape index (κ3) is 2.86. The number of carbonyl (C=O) groups is 1. The highest BCUT2D eigenvalue weighted by Crippen LogP contribution is 2.45. The van der Waals surface area contributed by atoms with E-state index in [9.17, 15) is 4.79 Å². The first-order valence-corrected chi connectivity index (χ1v) is 9.69. The summed E-state index contributed by atoms with van der Waals surface area (Å²) in [4.78, 5) is 13.4. The van der Waals surface area contributed by atoms with Gasteiger partial charge in [0.25, 0.3) is 0 Å². The largest absolute Gasteiger partial charge is 0.497 e. The van der Waals surface area contributed by atoms with Gasteiger partial charge in [-0.05, 0) is 42.0 Å². The van der Waals surface area contributed by atoms with Gasteiger partial charge in [0.1, 0.15) is 11.0 Å². The van der Waals surface area contributed by atoms with E-state index in [-0.39, 0.29) is 11.9 Å². The van der Waals surface area contributed by atoms with Gasteiger partial charge in [-0.1, -0.05) is 30.3 Å². The average molecular weight is 402 g/mol. The van der Waals surface area contributed by atoms with E-state index in [1.54, 1.807) is 11.7 Å². The molecular weight excluding hydrogens is 386 g/mol. The Balaban J connectivity index is 1.88. The third-order valence-electron chi connectivity index (χ3n) is 4.32. The predicted molar refractivity (Wildman–Crippen MR) is 108 cm³/mol. The molecule has 7 heteroatoms. The van der Waals surface area contributed by atoms with Crippen molar-refractivity contribution in [3.05, 3.63) is 69.0 Å². The summed E-state index contributed by atoms with van der Waals surface area (Å²) in [6.45, 7) is 0. The van der Waals surface area contributed by atoms with E-state index in [0.717, 1.165) is 21.9 Å². The summed E-state index contributed by atoms with van der Waals surface area (Å²) in [5, 5.41) is -0.567. The molecule has 3 aromatic rings. The van der Waals surface area contributed by atoms with E-state index in [4.69, 9.17) is 21.7 Å². The summed E-state index contributed by atoms with van der Waals surface area (Å²) in [6.07, 6.45) is 0. The fraction of sp³-hybridized carbons (Fsp3) is 0.158. The van der Waals surface area contributed by atoms with Gasteiger partial charge in [0.15, 0.2) is 3.95 Å². The van der Waals surface area contributed by atoms with Gasteiger partial charge in [0.05, 0.1) is 17.7 Å². The molecule has 0 saturated heterocycles. The van der Waals surface area contributed by atoms with E-state index in [1.807, 2.05) is 54.6 Å². The van der Waals surface area contributed by atoms with Crippen LogP contribution in [0.3, 0.4) is 0 Å². The Bertz CT molecular complexity index is 1010. The van der Waals surface area contributed by atoms with E-state index < -0.39 is 5.25 Å². The summed E-state index contributed by atoms with van der Waals surface area (Å²) in [6, 6.07) is 17.3. The van der Waals surface area contributed by atoms with E-state index in [0.29, 0.717) is 9.83 Å². The van der Waals surface area contributed by atoms with Crippen molar-refractivity contribution < 1.29 is 14.3 Å². The summed E-state index contributed by atoms with van der Waals surface area (Å²) in [7, 11) is 1.62. The highest BCUT2D eigenvalue weighted by Gasteiger charge is 2.40. The Morgan fingerprint density at radius 1 is 1.15 bits per heavy atom. The Hall–Kier alpha value is -2.09. The first-order chi connectivity index (χ1) is 12.6. The van der Waals surface area contributed by atoms with Crippen molar-refractivity contribution in [3.63, 3.8) is 0 Å². The molecule has 0 N–H and O–H groups in total. The molecule has 0 fully saturated rings. The first-order valence-electron chi connectivity index (χ1n) is 7.95. The predicted octanol–water partition coefficient (Wildman–Crippen LogP) is 4.63. The fourth-order valence-electron chi connectivity index (χ4n) is 3.05. The van der Waals surface area contributed by atoms with Gasteiger partial charge in [-0.3, -0.25) is 9.36 Å². The van der Waals surface area contributed by atoms with Crippen LogP contribution in [-0.4, -0.2) is 22.9 Å². The molecule has 4 nitrogen and oxygen atoms in total. The fourth-order valence-corrected chi connectivity index (χ4v) is 5.07. The zero-order valence-corrected chi connectivity index (χ0v) is 16.3. The summed E-state index contributed by atoms with van der Waals surface area (Å²) in [5.41, 5.74) is 1.84. The molecule has 0 amide bonds. The zero-order valence-electron chi connectivity index (χ0n) is 13.8. The lowest BCUT2D eigenvalue weighted by Gasteiger charge is -2.27. The quantitative estimate of drug-likeness (QED) is 0.395. The van der Waals surface area contributed by atoms with E-state index in [2.05, 4.69) is 12.6 Å². The molecule has 2 aromatic carbocycles. The number of hydrogen-bond acceptors (Lipinski definition) is 6. The maximum atomic E-state index is 12.5. The van der Waals surface area contributed by atoms with Crippen LogP contribution in [0.1, 0.15) is 16.4 Å². The number of nitrogens with zero attached hydrogens (tertiary/aromatic N) is 1. The van der Waals surface area contributed by atoms with Crippen molar-refractivity contribution in [3.8, 4) is 17.3 Å². The van der Waals surface area contributed by atoms with Crippen molar-refractivity contribution in [1.29, 1.82) is 0 Å². The van der Waals surface area contributed by atoms with Gasteiger partial charge in [0.2, 0.25) is 5.88 Å². The zero-order chi connectivity index (χ0) is 18.3. The van der Waals surface area contributed by atoms with Crippen molar-refractivity contribution in [2.45, 2.75) is 11.2 Å². The molecule has 2 atom stereocenters. The Labute approximate surface area is 165 Å². The van der Waals surface area contributed by atoms with Gasteiger partial charge < -0.3 is 9.47 Å². The van der Waals surface area contributed by atoms with Crippen LogP contribution < -0.4 is 9.47 Å². The van der Waals surface area contributed by atoms with Crippen LogP contribution in [0, 0.1) is 3.95 Å². The second kappa shape index (κ2) is 6.90. The number of rotatable bonds is 3. The number of fused-ring (bicyclic) bond motifs is 1. The van der Waals surface area contributed by atoms with Crippen LogP contribution in [-0.2, 0) is 4.79 Å². The second-order valence-corrected chi connectivity index (χ2v) is 8.06.